The molecule has 0 aliphatic carbocycles. The van der Waals surface area contributed by atoms with Gasteiger partial charge >= 0.3 is 0 Å². The molecule has 0 unspecified atom stereocenters. The molecule has 2 aromatic rings. The molecule has 1 fully saturated rings. The Bertz CT molecular complexity index is 823. The van der Waals surface area contributed by atoms with Crippen LogP contribution in [0.15, 0.2) is 36.4 Å². The quantitative estimate of drug-likeness (QED) is 0.779. The summed E-state index contributed by atoms with van der Waals surface area (Å²) in [5.41, 5.74) is 4.18. The van der Waals surface area contributed by atoms with Gasteiger partial charge in [-0.15, -0.1) is 0 Å². The first-order chi connectivity index (χ1) is 13.8. The summed E-state index contributed by atoms with van der Waals surface area (Å²) in [6.07, 6.45) is -0.584. The highest BCUT2D eigenvalue weighted by molar-refractivity contribution is 6.32. The fourth-order valence-electron chi connectivity index (χ4n) is 3.45. The van der Waals surface area contributed by atoms with Gasteiger partial charge in [0.2, 0.25) is 0 Å². The Hall–Kier alpha value is -2.24. The highest BCUT2D eigenvalue weighted by Crippen LogP contribution is 2.26. The number of ether oxygens (including phenoxy) is 1. The molecule has 1 amide bonds. The minimum atomic E-state index is -0.584. The molecular weight excluding hydrogens is 386 g/mol. The van der Waals surface area contributed by atoms with Crippen LogP contribution in [-0.4, -0.2) is 50.1 Å². The number of benzene rings is 2. The number of amides is 1. The van der Waals surface area contributed by atoms with Crippen LogP contribution >= 0.6 is 11.6 Å². The highest BCUT2D eigenvalue weighted by Gasteiger charge is 2.16. The van der Waals surface area contributed by atoms with Gasteiger partial charge in [0.25, 0.3) is 5.91 Å². The molecule has 1 aliphatic heterocycles. The van der Waals surface area contributed by atoms with Crippen molar-refractivity contribution < 1.29 is 9.53 Å². The first-order valence-electron chi connectivity index (χ1n) is 10.1. The second kappa shape index (κ2) is 9.51. The molecule has 1 saturated heterocycles. The van der Waals surface area contributed by atoms with Crippen LogP contribution in [-0.2, 0) is 11.3 Å². The van der Waals surface area contributed by atoms with Gasteiger partial charge in [0.15, 0.2) is 6.10 Å². The number of hydrogen-bond donors (Lipinski definition) is 1. The summed E-state index contributed by atoms with van der Waals surface area (Å²) in [7, 11) is 2.16. The van der Waals surface area contributed by atoms with E-state index < -0.39 is 6.10 Å². The molecule has 2 aromatic carbocycles. The van der Waals surface area contributed by atoms with Crippen molar-refractivity contribution in [3.8, 4) is 5.75 Å². The lowest BCUT2D eigenvalue weighted by Gasteiger charge is -2.34. The first kappa shape index (κ1) is 21.5. The average molecular weight is 416 g/mol. The van der Waals surface area contributed by atoms with Crippen LogP contribution in [0.2, 0.25) is 5.02 Å². The second-order valence-electron chi connectivity index (χ2n) is 7.81. The predicted molar refractivity (Wildman–Crippen MR) is 119 cm³/mol. The van der Waals surface area contributed by atoms with Crippen LogP contribution in [0.5, 0.6) is 5.75 Å². The normalized spacial score (nSPS) is 15.8. The SMILES string of the molecule is Cc1cc(O[C@H](C)C(=O)NCc2ccc(N3CCN(C)CC3)cc2)cc(C)c1Cl. The molecule has 1 aliphatic rings. The lowest BCUT2D eigenvalue weighted by molar-refractivity contribution is -0.127. The van der Waals surface area contributed by atoms with Gasteiger partial charge in [-0.1, -0.05) is 23.7 Å². The molecule has 1 N–H and O–H groups in total. The van der Waals surface area contributed by atoms with E-state index in [1.807, 2.05) is 26.0 Å². The summed E-state index contributed by atoms with van der Waals surface area (Å²) in [6.45, 7) is 10.4. The van der Waals surface area contributed by atoms with E-state index >= 15 is 0 Å². The van der Waals surface area contributed by atoms with Gasteiger partial charge in [-0.25, -0.2) is 0 Å². The smallest absolute Gasteiger partial charge is 0.261 e. The predicted octanol–water partition coefficient (Wildman–Crippen LogP) is 3.79. The van der Waals surface area contributed by atoms with Crippen LogP contribution in [0.1, 0.15) is 23.6 Å². The molecule has 0 saturated carbocycles. The maximum Gasteiger partial charge on any atom is 0.261 e. The summed E-state index contributed by atoms with van der Waals surface area (Å²) in [6, 6.07) is 12.1. The third-order valence-corrected chi connectivity index (χ3v) is 5.96. The number of anilines is 1. The Balaban J connectivity index is 1.51. The van der Waals surface area contributed by atoms with Gasteiger partial charge in [0.1, 0.15) is 5.75 Å². The number of likely N-dealkylation sites (N-methyl/N-ethyl adjacent to an activating group) is 1. The summed E-state index contributed by atoms with van der Waals surface area (Å²) in [5, 5.41) is 3.69. The molecule has 0 radical (unpaired) electrons. The van der Waals surface area contributed by atoms with E-state index in [0.717, 1.165) is 47.9 Å². The third-order valence-electron chi connectivity index (χ3n) is 5.36. The molecular formula is C23H30ClN3O2. The maximum atomic E-state index is 12.4. The minimum absolute atomic E-state index is 0.140. The summed E-state index contributed by atoms with van der Waals surface area (Å²) in [4.78, 5) is 17.2. The standard InChI is InChI=1S/C23H30ClN3O2/c1-16-13-21(14-17(2)22(16)24)29-18(3)23(28)25-15-19-5-7-20(8-6-19)27-11-9-26(4)10-12-27/h5-8,13-14,18H,9-12,15H2,1-4H3,(H,25,28)/t18-/m1/s1. The zero-order valence-corrected chi connectivity index (χ0v) is 18.4. The van der Waals surface area contributed by atoms with Crippen molar-refractivity contribution in [2.24, 2.45) is 0 Å². The second-order valence-corrected chi connectivity index (χ2v) is 8.18. The van der Waals surface area contributed by atoms with E-state index in [2.05, 4.69) is 46.4 Å². The molecule has 6 heteroatoms. The molecule has 0 aromatic heterocycles. The van der Waals surface area contributed by atoms with Crippen LogP contribution in [0.25, 0.3) is 0 Å². The van der Waals surface area contributed by atoms with Crippen molar-refractivity contribution in [1.82, 2.24) is 10.2 Å². The van der Waals surface area contributed by atoms with Gasteiger partial charge in [-0.2, -0.15) is 0 Å². The number of rotatable bonds is 6. The van der Waals surface area contributed by atoms with Crippen molar-refractivity contribution in [3.63, 3.8) is 0 Å². The van der Waals surface area contributed by atoms with Gasteiger partial charge in [-0.3, -0.25) is 4.79 Å². The number of hydrogen-bond acceptors (Lipinski definition) is 4. The Kier molecular flexibility index (Phi) is 7.04. The minimum Gasteiger partial charge on any atom is -0.481 e. The molecule has 1 atom stereocenters. The topological polar surface area (TPSA) is 44.8 Å². The van der Waals surface area contributed by atoms with Crippen molar-refractivity contribution in [3.05, 3.63) is 58.1 Å². The van der Waals surface area contributed by atoms with E-state index in [1.165, 1.54) is 5.69 Å². The fourth-order valence-corrected chi connectivity index (χ4v) is 3.56. The number of carbonyl (C=O) groups excluding carboxylic acids is 1. The Morgan fingerprint density at radius 3 is 2.28 bits per heavy atom. The van der Waals surface area contributed by atoms with E-state index in [9.17, 15) is 4.79 Å². The fraction of sp³-hybridized carbons (Fsp3) is 0.435. The number of carbonyl (C=O) groups is 1. The van der Waals surface area contributed by atoms with Gasteiger partial charge in [0.05, 0.1) is 0 Å². The number of nitrogens with one attached hydrogen (secondary N) is 1. The van der Waals surface area contributed by atoms with Crippen LogP contribution in [0.3, 0.4) is 0 Å². The number of nitrogens with zero attached hydrogens (tertiary/aromatic N) is 2. The van der Waals surface area contributed by atoms with Crippen LogP contribution < -0.4 is 15.0 Å². The number of piperazine rings is 1. The zero-order valence-electron chi connectivity index (χ0n) is 17.7. The number of aryl methyl sites for hydroxylation is 2. The van der Waals surface area contributed by atoms with Crippen LogP contribution in [0, 0.1) is 13.8 Å². The van der Waals surface area contributed by atoms with Crippen molar-refractivity contribution in [2.45, 2.75) is 33.4 Å². The Labute approximate surface area is 178 Å². The van der Waals surface area contributed by atoms with Gasteiger partial charge < -0.3 is 19.9 Å². The van der Waals surface area contributed by atoms with E-state index in [0.29, 0.717) is 12.3 Å². The first-order valence-corrected chi connectivity index (χ1v) is 10.4. The molecule has 0 bridgehead atoms. The van der Waals surface area contributed by atoms with Gasteiger partial charge in [0, 0.05) is 43.4 Å². The monoisotopic (exact) mass is 415 g/mol. The van der Waals surface area contributed by atoms with Crippen molar-refractivity contribution in [1.29, 1.82) is 0 Å². The highest BCUT2D eigenvalue weighted by atomic mass is 35.5. The largest absolute Gasteiger partial charge is 0.481 e. The zero-order chi connectivity index (χ0) is 21.0. The van der Waals surface area contributed by atoms with Crippen LogP contribution in [0.4, 0.5) is 5.69 Å². The lowest BCUT2D eigenvalue weighted by atomic mass is 10.1. The van der Waals surface area contributed by atoms with E-state index in [4.69, 9.17) is 16.3 Å². The molecule has 29 heavy (non-hydrogen) atoms. The molecule has 5 nitrogen and oxygen atoms in total. The summed E-state index contributed by atoms with van der Waals surface area (Å²) >= 11 is 6.19. The number of halogens is 1. The van der Waals surface area contributed by atoms with Crippen molar-refractivity contribution >= 4 is 23.2 Å². The summed E-state index contributed by atoms with van der Waals surface area (Å²) < 4.78 is 5.81. The van der Waals surface area contributed by atoms with E-state index in [-0.39, 0.29) is 5.91 Å². The Morgan fingerprint density at radius 2 is 1.69 bits per heavy atom. The third kappa shape index (κ3) is 5.64. The molecule has 3 rings (SSSR count). The molecule has 0 spiro atoms. The van der Waals surface area contributed by atoms with E-state index in [1.54, 1.807) is 6.92 Å². The Morgan fingerprint density at radius 1 is 1.10 bits per heavy atom. The average Bonchev–Trinajstić information content (AvgIpc) is 2.71. The van der Waals surface area contributed by atoms with Gasteiger partial charge in [-0.05, 0) is 68.8 Å². The molecule has 1 heterocycles. The van der Waals surface area contributed by atoms with Crippen molar-refractivity contribution in [2.75, 3.05) is 38.1 Å². The maximum absolute atomic E-state index is 12.4. The molecule has 156 valence electrons. The summed E-state index contributed by atoms with van der Waals surface area (Å²) in [5.74, 6) is 0.516. The lowest BCUT2D eigenvalue weighted by Crippen LogP contribution is -2.44.